The molecule has 9 nitrogen and oxygen atoms in total. The molecule has 0 amide bonds. The van der Waals surface area contributed by atoms with E-state index in [1.54, 1.807) is 0 Å². The number of rotatable bonds is 4. The van der Waals surface area contributed by atoms with E-state index in [1.807, 2.05) is 0 Å². The first-order valence-corrected chi connectivity index (χ1v) is 6.88. The van der Waals surface area contributed by atoms with Crippen LogP contribution in [-0.4, -0.2) is 93.1 Å². The minimum absolute atomic E-state index is 0.235. The zero-order chi connectivity index (χ0) is 15.6. The van der Waals surface area contributed by atoms with Gasteiger partial charge in [-0.1, -0.05) is 0 Å². The van der Waals surface area contributed by atoms with Gasteiger partial charge in [0.2, 0.25) is 0 Å². The van der Waals surface area contributed by atoms with Gasteiger partial charge >= 0.3 is 0 Å². The third kappa shape index (κ3) is 3.70. The number of hydrogen-bond acceptors (Lipinski definition) is 9. The van der Waals surface area contributed by atoms with Crippen molar-refractivity contribution in [2.24, 2.45) is 0 Å². The third-order valence-electron chi connectivity index (χ3n) is 3.75. The van der Waals surface area contributed by atoms with Crippen LogP contribution in [0.25, 0.3) is 0 Å². The lowest BCUT2D eigenvalue weighted by atomic mass is 9.99. The Morgan fingerprint density at radius 2 is 1.52 bits per heavy atom. The molecule has 0 aliphatic carbocycles. The number of ether oxygens (including phenoxy) is 3. The van der Waals surface area contributed by atoms with Crippen LogP contribution in [0.2, 0.25) is 0 Å². The van der Waals surface area contributed by atoms with E-state index in [4.69, 9.17) is 24.4 Å². The fraction of sp³-hybridized carbons (Fsp3) is 1.00. The predicted molar refractivity (Wildman–Crippen MR) is 65.8 cm³/mol. The van der Waals surface area contributed by atoms with Crippen LogP contribution in [0.4, 0.5) is 0 Å². The first-order valence-electron chi connectivity index (χ1n) is 6.88. The first-order chi connectivity index (χ1) is 9.97. The largest absolute Gasteiger partial charge is 0.394 e. The average molecular weight is 310 g/mol. The van der Waals surface area contributed by atoms with Gasteiger partial charge in [0.1, 0.15) is 30.5 Å². The highest BCUT2D eigenvalue weighted by atomic mass is 16.8. The highest BCUT2D eigenvalue weighted by Crippen LogP contribution is 2.27. The molecule has 0 spiro atoms. The molecule has 0 aromatic heterocycles. The lowest BCUT2D eigenvalue weighted by Crippen LogP contribution is -2.60. The molecule has 0 aromatic carbocycles. The van der Waals surface area contributed by atoms with Crippen molar-refractivity contribution in [1.82, 2.24) is 0 Å². The summed E-state index contributed by atoms with van der Waals surface area (Å²) in [6.07, 6.45) is -8.88. The van der Waals surface area contributed by atoms with Crippen LogP contribution < -0.4 is 0 Å². The zero-order valence-corrected chi connectivity index (χ0v) is 11.4. The van der Waals surface area contributed by atoms with E-state index in [0.717, 1.165) is 0 Å². The van der Waals surface area contributed by atoms with Crippen LogP contribution in [0.1, 0.15) is 12.8 Å². The molecular weight excluding hydrogens is 288 g/mol. The Labute approximate surface area is 121 Å². The van der Waals surface area contributed by atoms with Gasteiger partial charge in [-0.3, -0.25) is 0 Å². The first kappa shape index (κ1) is 17.0. The standard InChI is InChI=1S/C12H22O9/c13-3-5-1-2-6(15)11(19-5)21-12-10(18)9(17)8(16)7(4-14)20-12/h5-18H,1-4H2/t5-,6-,7+,8+,9-,10-,11+,12+/m0/s1. The molecule has 2 saturated heterocycles. The van der Waals surface area contributed by atoms with Crippen molar-refractivity contribution in [3.8, 4) is 0 Å². The maximum atomic E-state index is 9.83. The molecule has 8 atom stereocenters. The number of hydrogen-bond donors (Lipinski definition) is 6. The van der Waals surface area contributed by atoms with Gasteiger partial charge in [0.25, 0.3) is 0 Å². The summed E-state index contributed by atoms with van der Waals surface area (Å²) in [6.45, 7) is -0.806. The zero-order valence-electron chi connectivity index (χ0n) is 11.4. The summed E-state index contributed by atoms with van der Waals surface area (Å²) in [6, 6.07) is 0. The number of aliphatic hydroxyl groups excluding tert-OH is 6. The summed E-state index contributed by atoms with van der Waals surface area (Å²) in [5.41, 5.74) is 0. The summed E-state index contributed by atoms with van der Waals surface area (Å²) < 4.78 is 15.8. The van der Waals surface area contributed by atoms with Crippen molar-refractivity contribution in [2.45, 2.75) is 62.0 Å². The summed E-state index contributed by atoms with van der Waals surface area (Å²) in [5, 5.41) is 57.1. The summed E-state index contributed by atoms with van der Waals surface area (Å²) in [7, 11) is 0. The van der Waals surface area contributed by atoms with E-state index >= 15 is 0 Å². The van der Waals surface area contributed by atoms with Crippen molar-refractivity contribution in [3.05, 3.63) is 0 Å². The second-order valence-electron chi connectivity index (χ2n) is 5.29. The molecule has 124 valence electrons. The summed E-state index contributed by atoms with van der Waals surface area (Å²) in [5.74, 6) is 0. The molecule has 0 bridgehead atoms. The number of aliphatic hydroxyl groups is 6. The quantitative estimate of drug-likeness (QED) is 0.313. The SMILES string of the molecule is OC[C@@H]1CC[C@H](O)[C@@H](O[C@H]2O[C@H](CO)[C@@H](O)[C@H](O)[C@@H]2O)O1. The van der Waals surface area contributed by atoms with Gasteiger partial charge in [0.05, 0.1) is 19.3 Å². The van der Waals surface area contributed by atoms with Gasteiger partial charge in [-0.2, -0.15) is 0 Å². The molecule has 6 N–H and O–H groups in total. The molecule has 2 fully saturated rings. The van der Waals surface area contributed by atoms with Crippen LogP contribution >= 0.6 is 0 Å². The Morgan fingerprint density at radius 3 is 2.14 bits per heavy atom. The van der Waals surface area contributed by atoms with Crippen molar-refractivity contribution in [1.29, 1.82) is 0 Å². The molecular formula is C12H22O9. The highest BCUT2D eigenvalue weighted by Gasteiger charge is 2.46. The molecule has 0 aromatic rings. The molecule has 9 heteroatoms. The Balaban J connectivity index is 1.99. The summed E-state index contributed by atoms with van der Waals surface area (Å²) in [4.78, 5) is 0. The Kier molecular flexibility index (Phi) is 5.88. The predicted octanol–water partition coefficient (Wildman–Crippen LogP) is -3.34. The van der Waals surface area contributed by atoms with Crippen molar-refractivity contribution < 1.29 is 44.8 Å². The van der Waals surface area contributed by atoms with Crippen LogP contribution in [0, 0.1) is 0 Å². The van der Waals surface area contributed by atoms with Gasteiger partial charge < -0.3 is 44.8 Å². The van der Waals surface area contributed by atoms with Gasteiger partial charge in [0.15, 0.2) is 12.6 Å². The fourth-order valence-electron chi connectivity index (χ4n) is 2.41. The van der Waals surface area contributed by atoms with Crippen LogP contribution in [0.15, 0.2) is 0 Å². The monoisotopic (exact) mass is 310 g/mol. The van der Waals surface area contributed by atoms with Gasteiger partial charge in [-0.25, -0.2) is 0 Å². The highest BCUT2D eigenvalue weighted by molar-refractivity contribution is 4.89. The van der Waals surface area contributed by atoms with E-state index in [1.165, 1.54) is 0 Å². The van der Waals surface area contributed by atoms with Crippen molar-refractivity contribution in [2.75, 3.05) is 13.2 Å². The lowest BCUT2D eigenvalue weighted by Gasteiger charge is -2.42. The molecule has 2 heterocycles. The molecule has 2 aliphatic rings. The van der Waals surface area contributed by atoms with Crippen LogP contribution in [0.3, 0.4) is 0 Å². The van der Waals surface area contributed by atoms with E-state index in [2.05, 4.69) is 0 Å². The molecule has 0 radical (unpaired) electrons. The molecule has 2 rings (SSSR count). The Hall–Kier alpha value is -0.360. The van der Waals surface area contributed by atoms with Gasteiger partial charge in [0, 0.05) is 0 Å². The molecule has 2 aliphatic heterocycles. The third-order valence-corrected chi connectivity index (χ3v) is 3.75. The maximum Gasteiger partial charge on any atom is 0.189 e. The normalized spacial score (nSPS) is 48.3. The Morgan fingerprint density at radius 1 is 0.810 bits per heavy atom. The second-order valence-corrected chi connectivity index (χ2v) is 5.29. The second kappa shape index (κ2) is 7.27. The Bertz CT molecular complexity index is 326. The molecule has 0 unspecified atom stereocenters. The van der Waals surface area contributed by atoms with Gasteiger partial charge in [-0.05, 0) is 12.8 Å². The minimum Gasteiger partial charge on any atom is -0.394 e. The smallest absolute Gasteiger partial charge is 0.189 e. The maximum absolute atomic E-state index is 9.83. The van der Waals surface area contributed by atoms with Crippen molar-refractivity contribution in [3.63, 3.8) is 0 Å². The van der Waals surface area contributed by atoms with Crippen LogP contribution in [0.5, 0.6) is 0 Å². The van der Waals surface area contributed by atoms with Gasteiger partial charge in [-0.15, -0.1) is 0 Å². The van der Waals surface area contributed by atoms with E-state index < -0.39 is 55.8 Å². The fourth-order valence-corrected chi connectivity index (χ4v) is 2.41. The minimum atomic E-state index is -1.56. The molecule has 0 saturated carbocycles. The van der Waals surface area contributed by atoms with E-state index in [9.17, 15) is 20.4 Å². The van der Waals surface area contributed by atoms with Crippen LogP contribution in [-0.2, 0) is 14.2 Å². The lowest BCUT2D eigenvalue weighted by molar-refractivity contribution is -0.360. The summed E-state index contributed by atoms with van der Waals surface area (Å²) >= 11 is 0. The topological polar surface area (TPSA) is 149 Å². The van der Waals surface area contributed by atoms with E-state index in [-0.39, 0.29) is 6.61 Å². The average Bonchev–Trinajstić information content (AvgIpc) is 2.49. The molecule has 21 heavy (non-hydrogen) atoms. The van der Waals surface area contributed by atoms with Crippen molar-refractivity contribution >= 4 is 0 Å². The van der Waals surface area contributed by atoms with E-state index in [0.29, 0.717) is 12.8 Å².